The van der Waals surface area contributed by atoms with Crippen LogP contribution < -0.4 is 5.32 Å². The van der Waals surface area contributed by atoms with E-state index in [-0.39, 0.29) is 10.8 Å². The highest BCUT2D eigenvalue weighted by atomic mass is 32.2. The largest absolute Gasteiger partial charge is 0.384 e. The minimum Gasteiger partial charge on any atom is -0.384 e. The Morgan fingerprint density at radius 3 is 2.76 bits per heavy atom. The van der Waals surface area contributed by atoms with E-state index in [1.165, 1.54) is 16.7 Å². The van der Waals surface area contributed by atoms with Crippen LogP contribution in [0.1, 0.15) is 19.8 Å². The lowest BCUT2D eigenvalue weighted by Gasteiger charge is -2.16. The van der Waals surface area contributed by atoms with Gasteiger partial charge in [0, 0.05) is 26.7 Å². The summed E-state index contributed by atoms with van der Waals surface area (Å²) in [6.07, 6.45) is 4.51. The Labute approximate surface area is 125 Å². The molecule has 21 heavy (non-hydrogen) atoms. The quantitative estimate of drug-likeness (QED) is 0.807. The van der Waals surface area contributed by atoms with Gasteiger partial charge in [0.05, 0.1) is 19.0 Å². The van der Waals surface area contributed by atoms with Gasteiger partial charge >= 0.3 is 0 Å². The summed E-state index contributed by atoms with van der Waals surface area (Å²) in [7, 11) is -1.87. The van der Waals surface area contributed by atoms with Crippen LogP contribution in [0.15, 0.2) is 17.3 Å². The van der Waals surface area contributed by atoms with Crippen molar-refractivity contribution in [3.05, 3.63) is 12.4 Å². The molecule has 2 rings (SSSR count). The van der Waals surface area contributed by atoms with Crippen LogP contribution >= 0.6 is 0 Å². The van der Waals surface area contributed by atoms with Crippen LogP contribution in [-0.4, -0.2) is 56.0 Å². The third kappa shape index (κ3) is 3.90. The summed E-state index contributed by atoms with van der Waals surface area (Å²) >= 11 is 0. The number of rotatable bonds is 7. The monoisotopic (exact) mass is 314 g/mol. The second kappa shape index (κ2) is 7.15. The molecule has 8 heteroatoms. The zero-order valence-corrected chi connectivity index (χ0v) is 13.3. The van der Waals surface area contributed by atoms with Crippen molar-refractivity contribution in [2.75, 3.05) is 38.7 Å². The van der Waals surface area contributed by atoms with Gasteiger partial charge in [-0.1, -0.05) is 6.92 Å². The maximum Gasteiger partial charge on any atom is 0.246 e. The van der Waals surface area contributed by atoms with Gasteiger partial charge in [0.25, 0.3) is 0 Å². The summed E-state index contributed by atoms with van der Waals surface area (Å²) in [4.78, 5) is 8.25. The Kier molecular flexibility index (Phi) is 5.49. The van der Waals surface area contributed by atoms with Crippen LogP contribution in [0.5, 0.6) is 0 Å². The third-order valence-corrected chi connectivity index (χ3v) is 5.27. The molecule has 1 aliphatic rings. The molecular formula is C13H22N4O3S. The van der Waals surface area contributed by atoms with Crippen LogP contribution in [-0.2, 0) is 14.8 Å². The number of nitrogens with zero attached hydrogens (tertiary/aromatic N) is 3. The number of hydrogen-bond acceptors (Lipinski definition) is 6. The van der Waals surface area contributed by atoms with E-state index in [1.54, 1.807) is 7.11 Å². The molecule has 1 fully saturated rings. The lowest BCUT2D eigenvalue weighted by atomic mass is 10.1. The molecule has 0 spiro atoms. The van der Waals surface area contributed by atoms with E-state index in [0.717, 1.165) is 19.4 Å². The summed E-state index contributed by atoms with van der Waals surface area (Å²) in [5, 5.41) is 3.02. The standard InChI is InChI=1S/C13H22N4O3S/c1-3-5-14-13-15-7-12(8-16-13)21(18,19)17-6-4-11(9-17)10-20-2/h7-8,11H,3-6,9-10H2,1-2H3,(H,14,15,16). The Morgan fingerprint density at radius 2 is 2.14 bits per heavy atom. The minimum absolute atomic E-state index is 0.141. The number of nitrogens with one attached hydrogen (secondary N) is 1. The summed E-state index contributed by atoms with van der Waals surface area (Å²) < 4.78 is 31.6. The number of aromatic nitrogens is 2. The predicted octanol–water partition coefficient (Wildman–Crippen LogP) is 0.955. The van der Waals surface area contributed by atoms with E-state index in [9.17, 15) is 8.42 Å². The first-order chi connectivity index (χ1) is 10.1. The highest BCUT2D eigenvalue weighted by Gasteiger charge is 2.32. The fourth-order valence-corrected chi connectivity index (χ4v) is 3.74. The molecule has 0 amide bonds. The van der Waals surface area contributed by atoms with Gasteiger partial charge in [-0.3, -0.25) is 0 Å². The molecule has 1 unspecified atom stereocenters. The first-order valence-corrected chi connectivity index (χ1v) is 8.57. The van der Waals surface area contributed by atoms with Crippen molar-refractivity contribution < 1.29 is 13.2 Å². The van der Waals surface area contributed by atoms with Gasteiger partial charge in [0.15, 0.2) is 0 Å². The molecule has 0 radical (unpaired) electrons. The summed E-state index contributed by atoms with van der Waals surface area (Å²) in [5.41, 5.74) is 0. The number of hydrogen-bond donors (Lipinski definition) is 1. The van der Waals surface area contributed by atoms with Gasteiger partial charge in [-0.05, 0) is 18.8 Å². The number of ether oxygens (including phenoxy) is 1. The Morgan fingerprint density at radius 1 is 1.43 bits per heavy atom. The van der Waals surface area contributed by atoms with Gasteiger partial charge < -0.3 is 10.1 Å². The Balaban J connectivity index is 2.06. The molecular weight excluding hydrogens is 292 g/mol. The minimum atomic E-state index is -3.50. The number of anilines is 1. The van der Waals surface area contributed by atoms with E-state index in [1.807, 2.05) is 6.92 Å². The summed E-state index contributed by atoms with van der Waals surface area (Å²) in [6, 6.07) is 0. The predicted molar refractivity (Wildman–Crippen MR) is 79.6 cm³/mol. The zero-order valence-electron chi connectivity index (χ0n) is 12.4. The molecule has 1 aliphatic heterocycles. The lowest BCUT2D eigenvalue weighted by molar-refractivity contribution is 0.157. The fourth-order valence-electron chi connectivity index (χ4n) is 2.31. The average molecular weight is 314 g/mol. The molecule has 0 saturated carbocycles. The highest BCUT2D eigenvalue weighted by Crippen LogP contribution is 2.23. The summed E-state index contributed by atoms with van der Waals surface area (Å²) in [5.74, 6) is 0.714. The van der Waals surface area contributed by atoms with E-state index in [4.69, 9.17) is 4.74 Å². The van der Waals surface area contributed by atoms with Crippen molar-refractivity contribution in [3.8, 4) is 0 Å². The fraction of sp³-hybridized carbons (Fsp3) is 0.692. The van der Waals surface area contributed by atoms with Crippen LogP contribution in [0.25, 0.3) is 0 Å². The van der Waals surface area contributed by atoms with Gasteiger partial charge in [-0.2, -0.15) is 4.31 Å². The SMILES string of the molecule is CCCNc1ncc(S(=O)(=O)N2CCC(COC)C2)cn1. The second-order valence-corrected chi connectivity index (χ2v) is 7.08. The van der Waals surface area contributed by atoms with Crippen molar-refractivity contribution in [1.82, 2.24) is 14.3 Å². The molecule has 1 saturated heterocycles. The van der Waals surface area contributed by atoms with Crippen molar-refractivity contribution >= 4 is 16.0 Å². The maximum atomic E-state index is 12.5. The maximum absolute atomic E-state index is 12.5. The Hall–Kier alpha value is -1.25. The molecule has 2 heterocycles. The molecule has 1 atom stereocenters. The summed E-state index contributed by atoms with van der Waals surface area (Å²) in [6.45, 7) is 4.40. The Bertz CT molecular complexity index is 547. The lowest BCUT2D eigenvalue weighted by Crippen LogP contribution is -2.29. The first-order valence-electron chi connectivity index (χ1n) is 7.13. The van der Waals surface area contributed by atoms with Crippen LogP contribution in [0.2, 0.25) is 0 Å². The molecule has 118 valence electrons. The van der Waals surface area contributed by atoms with E-state index < -0.39 is 10.0 Å². The second-order valence-electron chi connectivity index (χ2n) is 5.14. The normalized spacial score (nSPS) is 19.8. The number of sulfonamides is 1. The molecule has 0 aromatic carbocycles. The molecule has 1 aromatic heterocycles. The van der Waals surface area contributed by atoms with E-state index >= 15 is 0 Å². The first kappa shape index (κ1) is 16.1. The van der Waals surface area contributed by atoms with Crippen molar-refractivity contribution in [3.63, 3.8) is 0 Å². The smallest absolute Gasteiger partial charge is 0.246 e. The zero-order chi connectivity index (χ0) is 15.3. The van der Waals surface area contributed by atoms with Crippen LogP contribution in [0, 0.1) is 5.92 Å². The molecule has 1 N–H and O–H groups in total. The van der Waals surface area contributed by atoms with Crippen molar-refractivity contribution in [1.29, 1.82) is 0 Å². The van der Waals surface area contributed by atoms with Crippen LogP contribution in [0.3, 0.4) is 0 Å². The van der Waals surface area contributed by atoms with Crippen molar-refractivity contribution in [2.24, 2.45) is 5.92 Å². The van der Waals surface area contributed by atoms with Crippen molar-refractivity contribution in [2.45, 2.75) is 24.7 Å². The van der Waals surface area contributed by atoms with Gasteiger partial charge in [-0.15, -0.1) is 0 Å². The molecule has 1 aromatic rings. The van der Waals surface area contributed by atoms with Gasteiger partial charge in [0.2, 0.25) is 16.0 Å². The molecule has 0 aliphatic carbocycles. The topological polar surface area (TPSA) is 84.4 Å². The van der Waals surface area contributed by atoms with Gasteiger partial charge in [-0.25, -0.2) is 18.4 Å². The van der Waals surface area contributed by atoms with E-state index in [2.05, 4.69) is 15.3 Å². The third-order valence-electron chi connectivity index (χ3n) is 3.45. The average Bonchev–Trinajstić information content (AvgIpc) is 2.95. The van der Waals surface area contributed by atoms with Crippen LogP contribution in [0.4, 0.5) is 5.95 Å². The van der Waals surface area contributed by atoms with Gasteiger partial charge in [0.1, 0.15) is 4.90 Å². The van der Waals surface area contributed by atoms with E-state index in [0.29, 0.717) is 25.6 Å². The molecule has 0 bridgehead atoms. The highest BCUT2D eigenvalue weighted by molar-refractivity contribution is 7.89. The molecule has 7 nitrogen and oxygen atoms in total. The number of methoxy groups -OCH3 is 1.